The minimum atomic E-state index is -3.64. The van der Waals surface area contributed by atoms with Gasteiger partial charge in [0, 0.05) is 16.1 Å². The molecule has 9 heteroatoms. The fraction of sp³-hybridized carbons (Fsp3) is 0.412. The van der Waals surface area contributed by atoms with E-state index in [1.165, 1.54) is 11.3 Å². The molecule has 1 unspecified atom stereocenters. The van der Waals surface area contributed by atoms with Gasteiger partial charge in [-0.05, 0) is 89.0 Å². The number of methoxy groups -OCH3 is 1. The third-order valence-corrected chi connectivity index (χ3v) is 9.73. The van der Waals surface area contributed by atoms with Crippen LogP contribution in [0, 0.1) is 0 Å². The number of sulfonamides is 1. The molecule has 1 aliphatic rings. The molecule has 142 valence electrons. The SMILES string of the molecule is COc1ccc(NS(=O)(=O)c2cc(Br)c(Br)s2)c2c1CC(N(C)C)CC2. The molecule has 2 aromatic rings. The zero-order valence-corrected chi connectivity index (χ0v) is 19.5. The first kappa shape index (κ1) is 20.1. The molecule has 0 radical (unpaired) electrons. The van der Waals surface area contributed by atoms with Crippen LogP contribution in [-0.4, -0.2) is 40.6 Å². The molecule has 3 rings (SSSR count). The van der Waals surface area contributed by atoms with E-state index in [0.29, 0.717) is 11.7 Å². The van der Waals surface area contributed by atoms with Crippen molar-refractivity contribution in [2.45, 2.75) is 29.5 Å². The Morgan fingerprint density at radius 3 is 2.58 bits per heavy atom. The Morgan fingerprint density at radius 1 is 1.27 bits per heavy atom. The Kier molecular flexibility index (Phi) is 6.03. The molecule has 1 aromatic carbocycles. The van der Waals surface area contributed by atoms with Crippen LogP contribution in [0.5, 0.6) is 5.75 Å². The number of hydrogen-bond donors (Lipinski definition) is 1. The first-order valence-electron chi connectivity index (χ1n) is 8.05. The summed E-state index contributed by atoms with van der Waals surface area (Å²) in [6, 6.07) is 5.67. The van der Waals surface area contributed by atoms with Crippen LogP contribution in [0.2, 0.25) is 0 Å². The summed E-state index contributed by atoms with van der Waals surface area (Å²) < 4.78 is 35.6. The average Bonchev–Trinajstić information content (AvgIpc) is 2.94. The molecule has 5 nitrogen and oxygen atoms in total. The van der Waals surface area contributed by atoms with Crippen molar-refractivity contribution in [1.82, 2.24) is 4.90 Å². The van der Waals surface area contributed by atoms with Gasteiger partial charge in [-0.25, -0.2) is 8.42 Å². The van der Waals surface area contributed by atoms with Crippen molar-refractivity contribution >= 4 is 58.9 Å². The summed E-state index contributed by atoms with van der Waals surface area (Å²) in [4.78, 5) is 2.21. The summed E-state index contributed by atoms with van der Waals surface area (Å²) in [6.45, 7) is 0. The van der Waals surface area contributed by atoms with Crippen molar-refractivity contribution in [2.24, 2.45) is 0 Å². The maximum absolute atomic E-state index is 12.8. The minimum absolute atomic E-state index is 0.266. The summed E-state index contributed by atoms with van der Waals surface area (Å²) in [5.74, 6) is 0.816. The van der Waals surface area contributed by atoms with E-state index in [4.69, 9.17) is 4.74 Å². The maximum atomic E-state index is 12.8. The Morgan fingerprint density at radius 2 is 2.00 bits per heavy atom. The fourth-order valence-corrected chi connectivity index (χ4v) is 7.12. The number of rotatable bonds is 5. The highest BCUT2D eigenvalue weighted by Crippen LogP contribution is 2.39. The van der Waals surface area contributed by atoms with E-state index in [1.807, 2.05) is 6.07 Å². The van der Waals surface area contributed by atoms with Gasteiger partial charge >= 0.3 is 0 Å². The largest absolute Gasteiger partial charge is 0.496 e. The standard InChI is InChI=1S/C17H20Br2N2O3S2/c1-21(2)10-4-5-11-12(8-10)15(24-3)7-6-14(11)20-26(22,23)16-9-13(18)17(19)25-16/h6-7,9-10,20H,4-5,8H2,1-3H3. The second-order valence-corrected chi connectivity index (χ2v) is 11.6. The van der Waals surface area contributed by atoms with Crippen LogP contribution >= 0.6 is 43.2 Å². The van der Waals surface area contributed by atoms with Gasteiger partial charge in [-0.15, -0.1) is 11.3 Å². The van der Waals surface area contributed by atoms with Crippen LogP contribution in [0.4, 0.5) is 5.69 Å². The van der Waals surface area contributed by atoms with Gasteiger partial charge in [-0.2, -0.15) is 0 Å². The second kappa shape index (κ2) is 7.79. The highest BCUT2D eigenvalue weighted by Gasteiger charge is 2.27. The molecule has 0 fully saturated rings. The number of anilines is 1. The quantitative estimate of drug-likeness (QED) is 0.626. The normalized spacial score (nSPS) is 17.2. The summed E-state index contributed by atoms with van der Waals surface area (Å²) in [5, 5.41) is 0. The maximum Gasteiger partial charge on any atom is 0.271 e. The number of fused-ring (bicyclic) bond motifs is 1. The van der Waals surface area contributed by atoms with Crippen molar-refractivity contribution < 1.29 is 13.2 Å². The Bertz CT molecular complexity index is 907. The Hall–Kier alpha value is -0.610. The molecular weight excluding hydrogens is 504 g/mol. The summed E-state index contributed by atoms with van der Waals surface area (Å²) >= 11 is 7.87. The van der Waals surface area contributed by atoms with Gasteiger partial charge in [-0.3, -0.25) is 4.72 Å². The molecule has 1 atom stereocenters. The molecule has 0 aliphatic heterocycles. The highest BCUT2D eigenvalue weighted by atomic mass is 79.9. The lowest BCUT2D eigenvalue weighted by Gasteiger charge is -2.32. The number of nitrogens with zero attached hydrogens (tertiary/aromatic N) is 1. The monoisotopic (exact) mass is 522 g/mol. The molecule has 0 saturated heterocycles. The molecule has 1 N–H and O–H groups in total. The molecule has 0 saturated carbocycles. The van der Waals surface area contributed by atoms with Crippen LogP contribution in [0.25, 0.3) is 0 Å². The van der Waals surface area contributed by atoms with Gasteiger partial charge in [0.25, 0.3) is 10.0 Å². The number of ether oxygens (including phenoxy) is 1. The van der Waals surface area contributed by atoms with Crippen LogP contribution in [-0.2, 0) is 22.9 Å². The number of thiophene rings is 1. The van der Waals surface area contributed by atoms with Gasteiger partial charge in [0.2, 0.25) is 0 Å². The van der Waals surface area contributed by atoms with Gasteiger partial charge in [0.05, 0.1) is 16.6 Å². The van der Waals surface area contributed by atoms with E-state index in [2.05, 4.69) is 55.6 Å². The Balaban J connectivity index is 1.98. The van der Waals surface area contributed by atoms with E-state index < -0.39 is 10.0 Å². The van der Waals surface area contributed by atoms with Crippen molar-refractivity contribution in [2.75, 3.05) is 25.9 Å². The van der Waals surface area contributed by atoms with Gasteiger partial charge in [0.15, 0.2) is 0 Å². The van der Waals surface area contributed by atoms with Gasteiger partial charge in [0.1, 0.15) is 9.96 Å². The van der Waals surface area contributed by atoms with E-state index >= 15 is 0 Å². The predicted molar refractivity (Wildman–Crippen MR) is 113 cm³/mol. The van der Waals surface area contributed by atoms with Gasteiger partial charge < -0.3 is 9.64 Å². The van der Waals surface area contributed by atoms with E-state index in [0.717, 1.165) is 44.4 Å². The smallest absolute Gasteiger partial charge is 0.271 e. The minimum Gasteiger partial charge on any atom is -0.496 e. The van der Waals surface area contributed by atoms with E-state index in [-0.39, 0.29) is 4.21 Å². The summed E-state index contributed by atoms with van der Waals surface area (Å²) in [7, 11) is 2.15. The molecule has 0 spiro atoms. The molecule has 0 bridgehead atoms. The van der Waals surface area contributed by atoms with E-state index in [1.54, 1.807) is 19.2 Å². The first-order chi connectivity index (χ1) is 12.2. The number of hydrogen-bond acceptors (Lipinski definition) is 5. The molecule has 1 heterocycles. The van der Waals surface area contributed by atoms with Crippen molar-refractivity contribution in [3.8, 4) is 5.75 Å². The lowest BCUT2D eigenvalue weighted by Crippen LogP contribution is -2.34. The van der Waals surface area contributed by atoms with Crippen molar-refractivity contribution in [3.05, 3.63) is 37.6 Å². The average molecular weight is 524 g/mol. The van der Waals surface area contributed by atoms with E-state index in [9.17, 15) is 8.42 Å². The number of halogens is 2. The highest BCUT2D eigenvalue weighted by molar-refractivity contribution is 9.13. The molecule has 0 amide bonds. The molecule has 1 aromatic heterocycles. The fourth-order valence-electron chi connectivity index (χ4n) is 3.21. The van der Waals surface area contributed by atoms with Gasteiger partial charge in [-0.1, -0.05) is 0 Å². The lowest BCUT2D eigenvalue weighted by molar-refractivity contribution is 0.265. The lowest BCUT2D eigenvalue weighted by atomic mass is 9.86. The Labute approximate surface area is 175 Å². The zero-order valence-electron chi connectivity index (χ0n) is 14.7. The molecular formula is C17H20Br2N2O3S2. The number of benzene rings is 1. The van der Waals surface area contributed by atoms with Crippen LogP contribution < -0.4 is 9.46 Å². The third-order valence-electron chi connectivity index (χ3n) is 4.64. The molecule has 1 aliphatic carbocycles. The second-order valence-electron chi connectivity index (χ2n) is 6.43. The van der Waals surface area contributed by atoms with Crippen LogP contribution in [0.3, 0.4) is 0 Å². The molecule has 26 heavy (non-hydrogen) atoms. The van der Waals surface area contributed by atoms with Crippen molar-refractivity contribution in [1.29, 1.82) is 0 Å². The number of nitrogens with one attached hydrogen (secondary N) is 1. The number of likely N-dealkylation sites (N-methyl/N-ethyl adjacent to an activating group) is 1. The van der Waals surface area contributed by atoms with Crippen molar-refractivity contribution in [3.63, 3.8) is 0 Å². The van der Waals surface area contributed by atoms with Crippen LogP contribution in [0.1, 0.15) is 17.5 Å². The first-order valence-corrected chi connectivity index (χ1v) is 11.9. The predicted octanol–water partition coefficient (Wildman–Crippen LogP) is 4.50. The zero-order chi connectivity index (χ0) is 19.1. The summed E-state index contributed by atoms with van der Waals surface area (Å²) in [6.07, 6.45) is 2.64. The third kappa shape index (κ3) is 3.96. The summed E-state index contributed by atoms with van der Waals surface area (Å²) in [5.41, 5.74) is 2.76. The topological polar surface area (TPSA) is 58.6 Å². The van der Waals surface area contributed by atoms with Crippen LogP contribution in [0.15, 0.2) is 30.7 Å².